The fourth-order valence-corrected chi connectivity index (χ4v) is 2.75. The Balaban J connectivity index is 1.56. The minimum atomic E-state index is -0.347. The minimum Gasteiger partial charge on any atom is -0.459 e. The van der Waals surface area contributed by atoms with Crippen LogP contribution in [0.5, 0.6) is 0 Å². The summed E-state index contributed by atoms with van der Waals surface area (Å²) in [5, 5.41) is 6.27. The molecule has 1 heterocycles. The number of carbonyl (C=O) groups is 2. The van der Waals surface area contributed by atoms with E-state index in [1.54, 1.807) is 36.4 Å². The molecule has 2 N–H and O–H groups in total. The molecule has 2 aromatic carbocycles. The van der Waals surface area contributed by atoms with Crippen LogP contribution >= 0.6 is 11.6 Å². The molecule has 27 heavy (non-hydrogen) atoms. The largest absolute Gasteiger partial charge is 0.459 e. The lowest BCUT2D eigenvalue weighted by Crippen LogP contribution is -2.14. The molecule has 1 aromatic heterocycles. The summed E-state index contributed by atoms with van der Waals surface area (Å²) in [6.07, 6.45) is 2.37. The number of nitrogens with one attached hydrogen (secondary N) is 2. The highest BCUT2D eigenvalue weighted by Crippen LogP contribution is 2.19. The zero-order valence-corrected chi connectivity index (χ0v) is 15.5. The molecular weight excluding hydrogens is 364 g/mol. The van der Waals surface area contributed by atoms with Gasteiger partial charge < -0.3 is 15.1 Å². The topological polar surface area (TPSA) is 71.3 Å². The van der Waals surface area contributed by atoms with Crippen LogP contribution in [0.4, 0.5) is 11.4 Å². The Morgan fingerprint density at radius 2 is 1.78 bits per heavy atom. The van der Waals surface area contributed by atoms with Gasteiger partial charge in [0, 0.05) is 22.8 Å². The number of carbonyl (C=O) groups excluding carboxylic acids is 2. The maximum atomic E-state index is 12.2. The number of hydrogen-bond donors (Lipinski definition) is 2. The first-order chi connectivity index (χ1) is 13.0. The summed E-state index contributed by atoms with van der Waals surface area (Å²) in [5.41, 5.74) is 3.21. The molecule has 0 atom stereocenters. The Kier molecular flexibility index (Phi) is 5.94. The standard InChI is InChI=1S/C21H19ClN2O3/c1-14-7-8-15(12-18(14)22)9-10-20(25)23-16-4-2-5-17(13-16)24-21(26)19-6-3-11-27-19/h2-8,11-13H,9-10H2,1H3,(H,23,25)(H,24,26). The van der Waals surface area contributed by atoms with Crippen LogP contribution in [0, 0.1) is 6.92 Å². The van der Waals surface area contributed by atoms with Gasteiger partial charge in [-0.15, -0.1) is 0 Å². The molecule has 0 aliphatic rings. The second-order valence-corrected chi connectivity index (χ2v) is 6.55. The molecule has 0 bridgehead atoms. The maximum absolute atomic E-state index is 12.2. The summed E-state index contributed by atoms with van der Waals surface area (Å²) in [7, 11) is 0. The summed E-state index contributed by atoms with van der Waals surface area (Å²) in [5.74, 6) is -0.234. The SMILES string of the molecule is Cc1ccc(CCC(=O)Nc2cccc(NC(=O)c3ccco3)c2)cc1Cl. The molecule has 0 radical (unpaired) electrons. The summed E-state index contributed by atoms with van der Waals surface area (Å²) < 4.78 is 5.06. The van der Waals surface area contributed by atoms with E-state index in [2.05, 4.69) is 10.6 Å². The fraction of sp³-hybridized carbons (Fsp3) is 0.143. The molecule has 0 aliphatic carbocycles. The number of benzene rings is 2. The number of rotatable bonds is 6. The van der Waals surface area contributed by atoms with E-state index in [0.29, 0.717) is 29.2 Å². The number of aryl methyl sites for hydroxylation is 2. The smallest absolute Gasteiger partial charge is 0.291 e. The van der Waals surface area contributed by atoms with Gasteiger partial charge in [0.15, 0.2) is 5.76 Å². The summed E-state index contributed by atoms with van der Waals surface area (Å²) in [6.45, 7) is 1.94. The van der Waals surface area contributed by atoms with E-state index in [4.69, 9.17) is 16.0 Å². The van der Waals surface area contributed by atoms with Crippen molar-refractivity contribution in [3.05, 3.63) is 82.8 Å². The van der Waals surface area contributed by atoms with Crippen molar-refractivity contribution >= 4 is 34.8 Å². The zero-order valence-electron chi connectivity index (χ0n) is 14.8. The fourth-order valence-electron chi connectivity index (χ4n) is 2.55. The first kappa shape index (κ1) is 18.7. The van der Waals surface area contributed by atoms with E-state index >= 15 is 0 Å². The number of amides is 2. The average molecular weight is 383 g/mol. The number of hydrogen-bond acceptors (Lipinski definition) is 3. The lowest BCUT2D eigenvalue weighted by atomic mass is 10.1. The third-order valence-electron chi connectivity index (χ3n) is 4.03. The van der Waals surface area contributed by atoms with E-state index in [-0.39, 0.29) is 17.6 Å². The molecule has 3 rings (SSSR count). The molecule has 5 nitrogen and oxygen atoms in total. The number of halogens is 1. The quantitative estimate of drug-likeness (QED) is 0.625. The third-order valence-corrected chi connectivity index (χ3v) is 4.43. The normalized spacial score (nSPS) is 10.4. The molecule has 0 spiro atoms. The number of anilines is 2. The van der Waals surface area contributed by atoms with Gasteiger partial charge in [-0.3, -0.25) is 9.59 Å². The van der Waals surface area contributed by atoms with Crippen molar-refractivity contribution in [3.63, 3.8) is 0 Å². The van der Waals surface area contributed by atoms with Crippen LogP contribution in [0.3, 0.4) is 0 Å². The van der Waals surface area contributed by atoms with Gasteiger partial charge in [0.1, 0.15) is 0 Å². The third kappa shape index (κ3) is 5.21. The molecular formula is C21H19ClN2O3. The highest BCUT2D eigenvalue weighted by molar-refractivity contribution is 6.31. The average Bonchev–Trinajstić information content (AvgIpc) is 3.18. The molecule has 138 valence electrons. The van der Waals surface area contributed by atoms with Gasteiger partial charge in [-0.2, -0.15) is 0 Å². The molecule has 0 unspecified atom stereocenters. The van der Waals surface area contributed by atoms with Crippen molar-refractivity contribution in [1.29, 1.82) is 0 Å². The van der Waals surface area contributed by atoms with Gasteiger partial charge in [0.25, 0.3) is 5.91 Å². The number of furan rings is 1. The van der Waals surface area contributed by atoms with Crippen LogP contribution in [0.15, 0.2) is 65.3 Å². The first-order valence-electron chi connectivity index (χ1n) is 8.51. The zero-order chi connectivity index (χ0) is 19.2. The van der Waals surface area contributed by atoms with Crippen LogP contribution in [0.1, 0.15) is 28.1 Å². The summed E-state index contributed by atoms with van der Waals surface area (Å²) in [4.78, 5) is 24.2. The second-order valence-electron chi connectivity index (χ2n) is 6.14. The summed E-state index contributed by atoms with van der Waals surface area (Å²) in [6, 6.07) is 16.0. The van der Waals surface area contributed by atoms with E-state index in [0.717, 1.165) is 11.1 Å². The van der Waals surface area contributed by atoms with Crippen molar-refractivity contribution < 1.29 is 14.0 Å². The van der Waals surface area contributed by atoms with Gasteiger partial charge in [0.05, 0.1) is 6.26 Å². The van der Waals surface area contributed by atoms with Gasteiger partial charge in [-0.05, 0) is 60.9 Å². The Labute approximate surface area is 162 Å². The van der Waals surface area contributed by atoms with Gasteiger partial charge >= 0.3 is 0 Å². The molecule has 6 heteroatoms. The molecule has 3 aromatic rings. The maximum Gasteiger partial charge on any atom is 0.291 e. The van der Waals surface area contributed by atoms with Crippen LogP contribution in [-0.2, 0) is 11.2 Å². The predicted molar refractivity (Wildman–Crippen MR) is 106 cm³/mol. The van der Waals surface area contributed by atoms with Crippen molar-refractivity contribution in [3.8, 4) is 0 Å². The second kappa shape index (κ2) is 8.56. The lowest BCUT2D eigenvalue weighted by molar-refractivity contribution is -0.116. The molecule has 0 saturated heterocycles. The van der Waals surface area contributed by atoms with Crippen LogP contribution in [-0.4, -0.2) is 11.8 Å². The Morgan fingerprint density at radius 1 is 1.00 bits per heavy atom. The highest BCUT2D eigenvalue weighted by Gasteiger charge is 2.10. The van der Waals surface area contributed by atoms with E-state index in [9.17, 15) is 9.59 Å². The van der Waals surface area contributed by atoms with Crippen molar-refractivity contribution in [2.75, 3.05) is 10.6 Å². The first-order valence-corrected chi connectivity index (χ1v) is 8.89. The molecule has 0 aliphatic heterocycles. The van der Waals surface area contributed by atoms with E-state index < -0.39 is 0 Å². The minimum absolute atomic E-state index is 0.110. The van der Waals surface area contributed by atoms with Crippen LogP contribution in [0.25, 0.3) is 0 Å². The Bertz CT molecular complexity index is 952. The predicted octanol–water partition coefficient (Wildman–Crippen LogP) is 5.07. The Hall–Kier alpha value is -3.05. The van der Waals surface area contributed by atoms with Crippen LogP contribution in [0.2, 0.25) is 5.02 Å². The van der Waals surface area contributed by atoms with E-state index in [1.807, 2.05) is 25.1 Å². The molecule has 0 saturated carbocycles. The van der Waals surface area contributed by atoms with Crippen LogP contribution < -0.4 is 10.6 Å². The van der Waals surface area contributed by atoms with E-state index in [1.165, 1.54) is 6.26 Å². The highest BCUT2D eigenvalue weighted by atomic mass is 35.5. The molecule has 2 amide bonds. The monoisotopic (exact) mass is 382 g/mol. The summed E-state index contributed by atoms with van der Waals surface area (Å²) >= 11 is 6.11. The van der Waals surface area contributed by atoms with Crippen molar-refractivity contribution in [2.24, 2.45) is 0 Å². The van der Waals surface area contributed by atoms with Gasteiger partial charge in [-0.25, -0.2) is 0 Å². The van der Waals surface area contributed by atoms with Crippen molar-refractivity contribution in [1.82, 2.24) is 0 Å². The van der Waals surface area contributed by atoms with Crippen molar-refractivity contribution in [2.45, 2.75) is 19.8 Å². The van der Waals surface area contributed by atoms with Gasteiger partial charge in [-0.1, -0.05) is 29.8 Å². The lowest BCUT2D eigenvalue weighted by Gasteiger charge is -2.09. The molecule has 0 fully saturated rings. The van der Waals surface area contributed by atoms with Gasteiger partial charge in [0.2, 0.25) is 5.91 Å². The Morgan fingerprint density at radius 3 is 2.48 bits per heavy atom.